The fourth-order valence-corrected chi connectivity index (χ4v) is 2.52. The predicted molar refractivity (Wildman–Crippen MR) is 60.9 cm³/mol. The Morgan fingerprint density at radius 3 is 2.69 bits per heavy atom. The Kier molecular flexibility index (Phi) is 3.17. The van der Waals surface area contributed by atoms with E-state index in [1.54, 1.807) is 0 Å². The van der Waals surface area contributed by atoms with Crippen molar-refractivity contribution < 1.29 is 9.59 Å². The number of amides is 3. The van der Waals surface area contributed by atoms with Crippen LogP contribution in [-0.2, 0) is 4.79 Å². The van der Waals surface area contributed by atoms with Crippen LogP contribution in [0.5, 0.6) is 0 Å². The number of carbonyl (C=O) groups is 2. The molecular formula is C12H20N2O2. The number of nitrogens with zero attached hydrogens (tertiary/aromatic N) is 1. The minimum Gasteiger partial charge on any atom is -0.337 e. The lowest BCUT2D eigenvalue weighted by Crippen LogP contribution is -2.42. The molecule has 0 aromatic rings. The molecule has 1 N–H and O–H groups in total. The summed E-state index contributed by atoms with van der Waals surface area (Å²) >= 11 is 0. The van der Waals surface area contributed by atoms with E-state index in [0.29, 0.717) is 19.5 Å². The SMILES string of the molecule is CCCCN1C(=O)CC2(CCC2)CNC1=O. The third-order valence-electron chi connectivity index (χ3n) is 3.84. The predicted octanol–water partition coefficient (Wildman–Crippen LogP) is 1.90. The van der Waals surface area contributed by atoms with E-state index in [-0.39, 0.29) is 17.4 Å². The van der Waals surface area contributed by atoms with Gasteiger partial charge in [-0.25, -0.2) is 4.79 Å². The smallest absolute Gasteiger partial charge is 0.324 e. The summed E-state index contributed by atoms with van der Waals surface area (Å²) in [7, 11) is 0. The number of nitrogens with one attached hydrogen (secondary N) is 1. The molecule has 4 heteroatoms. The van der Waals surface area contributed by atoms with Crippen LogP contribution in [0.3, 0.4) is 0 Å². The summed E-state index contributed by atoms with van der Waals surface area (Å²) in [5, 5.41) is 2.89. The summed E-state index contributed by atoms with van der Waals surface area (Å²) in [6.07, 6.45) is 5.81. The zero-order valence-electron chi connectivity index (χ0n) is 9.92. The molecule has 0 bridgehead atoms. The number of carbonyl (C=O) groups excluding carboxylic acids is 2. The van der Waals surface area contributed by atoms with Crippen LogP contribution in [0.2, 0.25) is 0 Å². The quantitative estimate of drug-likeness (QED) is 0.796. The van der Waals surface area contributed by atoms with Gasteiger partial charge in [-0.05, 0) is 24.7 Å². The first-order valence-corrected chi connectivity index (χ1v) is 6.25. The van der Waals surface area contributed by atoms with Crippen LogP contribution in [0.4, 0.5) is 4.79 Å². The van der Waals surface area contributed by atoms with E-state index in [4.69, 9.17) is 0 Å². The highest BCUT2D eigenvalue weighted by Gasteiger charge is 2.43. The van der Waals surface area contributed by atoms with Gasteiger partial charge in [0.2, 0.25) is 5.91 Å². The molecule has 1 heterocycles. The number of rotatable bonds is 3. The maximum atomic E-state index is 12.0. The molecule has 2 rings (SSSR count). The third kappa shape index (κ3) is 2.06. The van der Waals surface area contributed by atoms with Crippen LogP contribution in [0.15, 0.2) is 0 Å². The molecule has 3 amide bonds. The molecule has 0 unspecified atom stereocenters. The average molecular weight is 224 g/mol. The van der Waals surface area contributed by atoms with Crippen molar-refractivity contribution in [2.45, 2.75) is 45.4 Å². The minimum atomic E-state index is -0.192. The fourth-order valence-electron chi connectivity index (χ4n) is 2.52. The van der Waals surface area contributed by atoms with Crippen molar-refractivity contribution in [3.05, 3.63) is 0 Å². The van der Waals surface area contributed by atoms with Crippen LogP contribution < -0.4 is 5.32 Å². The molecule has 1 saturated carbocycles. The Bertz CT molecular complexity index is 297. The van der Waals surface area contributed by atoms with Gasteiger partial charge in [-0.3, -0.25) is 9.69 Å². The Morgan fingerprint density at radius 1 is 1.38 bits per heavy atom. The lowest BCUT2D eigenvalue weighted by atomic mass is 9.66. The molecular weight excluding hydrogens is 204 g/mol. The van der Waals surface area contributed by atoms with E-state index in [0.717, 1.165) is 25.7 Å². The van der Waals surface area contributed by atoms with Gasteiger partial charge >= 0.3 is 6.03 Å². The average Bonchev–Trinajstić information content (AvgIpc) is 2.33. The number of unbranched alkanes of at least 4 members (excludes halogenated alkanes) is 1. The Labute approximate surface area is 96.4 Å². The summed E-state index contributed by atoms with van der Waals surface area (Å²) in [6.45, 7) is 3.31. The Morgan fingerprint density at radius 2 is 2.12 bits per heavy atom. The number of hydrogen-bond donors (Lipinski definition) is 1. The van der Waals surface area contributed by atoms with Crippen molar-refractivity contribution in [1.29, 1.82) is 0 Å². The molecule has 0 radical (unpaired) electrons. The monoisotopic (exact) mass is 224 g/mol. The first-order valence-electron chi connectivity index (χ1n) is 6.25. The molecule has 1 aliphatic carbocycles. The van der Waals surface area contributed by atoms with Gasteiger partial charge in [0.25, 0.3) is 0 Å². The van der Waals surface area contributed by atoms with Crippen molar-refractivity contribution in [3.63, 3.8) is 0 Å². The lowest BCUT2D eigenvalue weighted by molar-refractivity contribution is -0.131. The normalized spacial score (nSPS) is 23.9. The van der Waals surface area contributed by atoms with Crippen molar-refractivity contribution in [2.75, 3.05) is 13.1 Å². The van der Waals surface area contributed by atoms with Gasteiger partial charge in [0.05, 0.1) is 0 Å². The lowest BCUT2D eigenvalue weighted by Gasteiger charge is -2.39. The number of hydrogen-bond acceptors (Lipinski definition) is 2. The number of imide groups is 1. The Hall–Kier alpha value is -1.06. The molecule has 90 valence electrons. The first kappa shape index (κ1) is 11.4. The van der Waals surface area contributed by atoms with E-state index in [1.807, 2.05) is 0 Å². The molecule has 0 aromatic carbocycles. The third-order valence-corrected chi connectivity index (χ3v) is 3.84. The van der Waals surface area contributed by atoms with Crippen LogP contribution >= 0.6 is 0 Å². The summed E-state index contributed by atoms with van der Waals surface area (Å²) < 4.78 is 0. The largest absolute Gasteiger partial charge is 0.337 e. The molecule has 0 atom stereocenters. The minimum absolute atomic E-state index is 0.0168. The highest BCUT2D eigenvalue weighted by molar-refractivity contribution is 5.95. The fraction of sp³-hybridized carbons (Fsp3) is 0.833. The van der Waals surface area contributed by atoms with Gasteiger partial charge in [0.1, 0.15) is 0 Å². The molecule has 1 saturated heterocycles. The second-order valence-electron chi connectivity index (χ2n) is 5.09. The summed E-state index contributed by atoms with van der Waals surface area (Å²) in [5.41, 5.74) is 0.0910. The van der Waals surface area contributed by atoms with Crippen molar-refractivity contribution in [2.24, 2.45) is 5.41 Å². The van der Waals surface area contributed by atoms with E-state index >= 15 is 0 Å². The molecule has 0 aromatic heterocycles. The van der Waals surface area contributed by atoms with E-state index in [1.165, 1.54) is 11.3 Å². The topological polar surface area (TPSA) is 49.4 Å². The number of urea groups is 1. The maximum Gasteiger partial charge on any atom is 0.324 e. The van der Waals surface area contributed by atoms with Gasteiger partial charge in [0.15, 0.2) is 0 Å². The van der Waals surface area contributed by atoms with Crippen LogP contribution in [0, 0.1) is 5.41 Å². The first-order chi connectivity index (χ1) is 7.67. The molecule has 2 aliphatic rings. The molecule has 2 fully saturated rings. The van der Waals surface area contributed by atoms with E-state index < -0.39 is 0 Å². The van der Waals surface area contributed by atoms with Crippen LogP contribution in [0.1, 0.15) is 45.4 Å². The second-order valence-corrected chi connectivity index (χ2v) is 5.09. The summed E-state index contributed by atoms with van der Waals surface area (Å²) in [4.78, 5) is 25.2. The van der Waals surface area contributed by atoms with Crippen LogP contribution in [-0.4, -0.2) is 29.9 Å². The standard InChI is InChI=1S/C12H20N2O2/c1-2-3-7-14-10(15)8-12(5-4-6-12)9-13-11(14)16/h2-9H2,1H3,(H,13,16). The summed E-state index contributed by atoms with van der Waals surface area (Å²) in [5.74, 6) is 0.0168. The second kappa shape index (κ2) is 4.44. The maximum absolute atomic E-state index is 12.0. The van der Waals surface area contributed by atoms with Gasteiger partial charge < -0.3 is 5.32 Å². The zero-order chi connectivity index (χ0) is 11.6. The van der Waals surface area contributed by atoms with Crippen molar-refractivity contribution in [3.8, 4) is 0 Å². The van der Waals surface area contributed by atoms with Gasteiger partial charge in [-0.15, -0.1) is 0 Å². The summed E-state index contributed by atoms with van der Waals surface area (Å²) in [6, 6.07) is -0.192. The van der Waals surface area contributed by atoms with E-state index in [2.05, 4.69) is 12.2 Å². The molecule has 1 spiro atoms. The Balaban J connectivity index is 2.02. The van der Waals surface area contributed by atoms with Crippen molar-refractivity contribution >= 4 is 11.9 Å². The highest BCUT2D eigenvalue weighted by atomic mass is 16.2. The van der Waals surface area contributed by atoms with Crippen LogP contribution in [0.25, 0.3) is 0 Å². The van der Waals surface area contributed by atoms with Gasteiger partial charge in [-0.1, -0.05) is 19.8 Å². The molecule has 16 heavy (non-hydrogen) atoms. The highest BCUT2D eigenvalue weighted by Crippen LogP contribution is 2.44. The van der Waals surface area contributed by atoms with Crippen molar-refractivity contribution in [1.82, 2.24) is 10.2 Å². The zero-order valence-corrected chi connectivity index (χ0v) is 9.92. The van der Waals surface area contributed by atoms with E-state index in [9.17, 15) is 9.59 Å². The molecule has 1 aliphatic heterocycles. The van der Waals surface area contributed by atoms with Gasteiger partial charge in [-0.2, -0.15) is 0 Å². The van der Waals surface area contributed by atoms with Gasteiger partial charge in [0, 0.05) is 19.5 Å². The molecule has 4 nitrogen and oxygen atoms in total.